The summed E-state index contributed by atoms with van der Waals surface area (Å²) in [6, 6.07) is 11.1. The van der Waals surface area contributed by atoms with E-state index in [-0.39, 0.29) is 4.90 Å². The fraction of sp³-hybridized carbons (Fsp3) is 0.368. The normalized spacial score (nSPS) is 26.4. The molecule has 2 aromatic carbocycles. The van der Waals surface area contributed by atoms with Crippen molar-refractivity contribution < 1.29 is 23.7 Å². The Hall–Kier alpha value is -1.48. The molecule has 0 amide bonds. The summed E-state index contributed by atoms with van der Waals surface area (Å²) >= 11 is 6.30. The van der Waals surface area contributed by atoms with Crippen molar-refractivity contribution in [3.8, 4) is 0 Å². The van der Waals surface area contributed by atoms with Crippen molar-refractivity contribution in [1.29, 1.82) is 0 Å². The van der Waals surface area contributed by atoms with Crippen LogP contribution in [0.5, 0.6) is 0 Å². The van der Waals surface area contributed by atoms with Crippen LogP contribution >= 0.6 is 11.6 Å². The molecule has 0 saturated carbocycles. The summed E-state index contributed by atoms with van der Waals surface area (Å²) in [5.41, 5.74) is 1.38. The highest BCUT2D eigenvalue weighted by molar-refractivity contribution is 7.89. The van der Waals surface area contributed by atoms with Crippen LogP contribution in [0.2, 0.25) is 5.02 Å². The summed E-state index contributed by atoms with van der Waals surface area (Å²) in [5.74, 6) is -0.817. The van der Waals surface area contributed by atoms with E-state index in [1.807, 2.05) is 6.92 Å². The lowest BCUT2D eigenvalue weighted by Gasteiger charge is -2.30. The number of aliphatic hydroxyl groups is 3. The number of hydrogen-bond donors (Lipinski definition) is 3. The summed E-state index contributed by atoms with van der Waals surface area (Å²) in [4.78, 5) is 0.0504. The topological polar surface area (TPSA) is 98.1 Å². The molecule has 3 rings (SSSR count). The van der Waals surface area contributed by atoms with E-state index in [0.29, 0.717) is 10.6 Å². The molecule has 0 aromatic heterocycles. The Morgan fingerprint density at radius 1 is 1.04 bits per heavy atom. The maximum atomic E-state index is 13.4. The highest BCUT2D eigenvalue weighted by atomic mass is 35.5. The highest BCUT2D eigenvalue weighted by Gasteiger charge is 2.54. The average Bonchev–Trinajstić information content (AvgIpc) is 2.94. The van der Waals surface area contributed by atoms with Crippen LogP contribution in [0.15, 0.2) is 53.4 Å². The quantitative estimate of drug-likeness (QED) is 0.696. The van der Waals surface area contributed by atoms with Gasteiger partial charge in [-0.25, -0.2) is 8.42 Å². The Morgan fingerprint density at radius 2 is 1.67 bits per heavy atom. The van der Waals surface area contributed by atoms with Crippen molar-refractivity contribution in [3.63, 3.8) is 0 Å². The smallest absolute Gasteiger partial charge is 0.244 e. The lowest BCUT2D eigenvalue weighted by atomic mass is 9.92. The Labute approximate surface area is 163 Å². The summed E-state index contributed by atoms with van der Waals surface area (Å²) < 4.78 is 27.9. The minimum absolute atomic E-state index is 0.0504. The third-order valence-corrected chi connectivity index (χ3v) is 7.32. The third kappa shape index (κ3) is 3.51. The van der Waals surface area contributed by atoms with Gasteiger partial charge in [-0.3, -0.25) is 0 Å². The van der Waals surface area contributed by atoms with Crippen LogP contribution in [0.4, 0.5) is 0 Å². The number of halogens is 1. The summed E-state index contributed by atoms with van der Waals surface area (Å²) in [7, 11) is -4.06. The molecule has 2 aromatic rings. The van der Waals surface area contributed by atoms with Crippen LogP contribution in [0.25, 0.3) is 0 Å². The molecule has 27 heavy (non-hydrogen) atoms. The first-order chi connectivity index (χ1) is 12.8. The summed E-state index contributed by atoms with van der Waals surface area (Å²) in [6.07, 6.45) is -1.23. The monoisotopic (exact) mass is 411 g/mol. The van der Waals surface area contributed by atoms with E-state index in [9.17, 15) is 23.7 Å². The van der Waals surface area contributed by atoms with E-state index < -0.39 is 47.3 Å². The first kappa shape index (κ1) is 20.3. The van der Waals surface area contributed by atoms with Gasteiger partial charge in [0.25, 0.3) is 0 Å². The molecule has 0 spiro atoms. The van der Waals surface area contributed by atoms with Gasteiger partial charge in [-0.1, -0.05) is 47.5 Å². The largest absolute Gasteiger partial charge is 0.396 e. The van der Waals surface area contributed by atoms with Gasteiger partial charge in [-0.05, 0) is 30.7 Å². The molecule has 4 atom stereocenters. The molecule has 0 aliphatic carbocycles. The van der Waals surface area contributed by atoms with Gasteiger partial charge < -0.3 is 15.3 Å². The standard InChI is InChI=1S/C19H22ClNO5S/c1-12-6-8-13(9-7-12)27(25,26)21-17(11-23)19(24)15(10-22)18(21)14-4-2-3-5-16(14)20/h2-9,15,17-19,22-24H,10-11H2,1H3/t15-,17-,18+,19+/m1/s1. The van der Waals surface area contributed by atoms with Gasteiger partial charge in [-0.2, -0.15) is 4.31 Å². The molecule has 8 heteroatoms. The van der Waals surface area contributed by atoms with Gasteiger partial charge in [-0.15, -0.1) is 0 Å². The number of sulfonamides is 1. The van der Waals surface area contributed by atoms with E-state index in [0.717, 1.165) is 9.87 Å². The van der Waals surface area contributed by atoms with E-state index in [4.69, 9.17) is 11.6 Å². The Bertz CT molecular complexity index is 903. The van der Waals surface area contributed by atoms with Crippen molar-refractivity contribution in [2.45, 2.75) is 30.0 Å². The second-order valence-corrected chi connectivity index (χ2v) is 8.95. The minimum atomic E-state index is -4.06. The number of aliphatic hydroxyl groups excluding tert-OH is 3. The van der Waals surface area contributed by atoms with Gasteiger partial charge in [0.1, 0.15) is 0 Å². The SMILES string of the molecule is Cc1ccc(S(=O)(=O)N2[C@H](CO)[C@@H](O)[C@H](CO)[C@@H]2c2ccccc2Cl)cc1. The fourth-order valence-corrected chi connectivity index (χ4v) is 5.74. The second kappa shape index (κ2) is 7.87. The van der Waals surface area contributed by atoms with Crippen molar-refractivity contribution in [2.24, 2.45) is 5.92 Å². The molecule has 1 aliphatic rings. The summed E-state index contributed by atoms with van der Waals surface area (Å²) in [5, 5.41) is 30.6. The van der Waals surface area contributed by atoms with Crippen LogP contribution in [-0.2, 0) is 10.0 Å². The van der Waals surface area contributed by atoms with Crippen LogP contribution < -0.4 is 0 Å². The number of aryl methyl sites for hydroxylation is 1. The lowest BCUT2D eigenvalue weighted by Crippen LogP contribution is -2.43. The predicted octanol–water partition coefficient (Wildman–Crippen LogP) is 1.72. The third-order valence-electron chi connectivity index (χ3n) is 5.06. The van der Waals surface area contributed by atoms with Crippen LogP contribution in [0, 0.1) is 12.8 Å². The van der Waals surface area contributed by atoms with Crippen molar-refractivity contribution in [1.82, 2.24) is 4.31 Å². The first-order valence-corrected chi connectivity index (χ1v) is 10.4. The molecule has 146 valence electrons. The van der Waals surface area contributed by atoms with E-state index in [1.54, 1.807) is 36.4 Å². The zero-order valence-corrected chi connectivity index (χ0v) is 16.3. The van der Waals surface area contributed by atoms with Gasteiger partial charge in [0.2, 0.25) is 10.0 Å². The molecular formula is C19H22ClNO5S. The Kier molecular flexibility index (Phi) is 5.90. The van der Waals surface area contributed by atoms with Crippen molar-refractivity contribution in [3.05, 3.63) is 64.7 Å². The summed E-state index contributed by atoms with van der Waals surface area (Å²) in [6.45, 7) is 0.818. The second-order valence-electron chi connectivity index (χ2n) is 6.70. The molecule has 3 N–H and O–H groups in total. The van der Waals surface area contributed by atoms with Crippen LogP contribution in [0.3, 0.4) is 0 Å². The van der Waals surface area contributed by atoms with E-state index >= 15 is 0 Å². The molecule has 1 heterocycles. The van der Waals surface area contributed by atoms with Crippen molar-refractivity contribution >= 4 is 21.6 Å². The number of nitrogens with zero attached hydrogens (tertiary/aromatic N) is 1. The molecule has 1 aliphatic heterocycles. The number of rotatable bonds is 5. The molecule has 6 nitrogen and oxygen atoms in total. The first-order valence-electron chi connectivity index (χ1n) is 8.57. The maximum Gasteiger partial charge on any atom is 0.244 e. The van der Waals surface area contributed by atoms with Crippen molar-refractivity contribution in [2.75, 3.05) is 13.2 Å². The average molecular weight is 412 g/mol. The number of hydrogen-bond acceptors (Lipinski definition) is 5. The Balaban J connectivity index is 2.19. The highest BCUT2D eigenvalue weighted by Crippen LogP contribution is 2.46. The van der Waals surface area contributed by atoms with Crippen LogP contribution in [0.1, 0.15) is 17.2 Å². The molecule has 1 fully saturated rings. The lowest BCUT2D eigenvalue weighted by molar-refractivity contribution is 0.0558. The molecule has 0 unspecified atom stereocenters. The molecule has 1 saturated heterocycles. The van der Waals surface area contributed by atoms with Gasteiger partial charge in [0, 0.05) is 10.9 Å². The zero-order valence-electron chi connectivity index (χ0n) is 14.7. The molecular weight excluding hydrogens is 390 g/mol. The number of benzene rings is 2. The Morgan fingerprint density at radius 3 is 2.22 bits per heavy atom. The minimum Gasteiger partial charge on any atom is -0.396 e. The van der Waals surface area contributed by atoms with Gasteiger partial charge in [0.15, 0.2) is 0 Å². The fourth-order valence-electron chi connectivity index (χ4n) is 3.66. The zero-order chi connectivity index (χ0) is 19.8. The molecule has 0 bridgehead atoms. The molecule has 0 radical (unpaired) electrons. The van der Waals surface area contributed by atoms with E-state index in [2.05, 4.69) is 0 Å². The maximum absolute atomic E-state index is 13.4. The van der Waals surface area contributed by atoms with Gasteiger partial charge >= 0.3 is 0 Å². The predicted molar refractivity (Wildman–Crippen MR) is 102 cm³/mol. The van der Waals surface area contributed by atoms with E-state index in [1.165, 1.54) is 12.1 Å². The van der Waals surface area contributed by atoms with Gasteiger partial charge in [0.05, 0.1) is 36.3 Å². The van der Waals surface area contributed by atoms with Crippen LogP contribution in [-0.4, -0.2) is 53.4 Å².